The summed E-state index contributed by atoms with van der Waals surface area (Å²) in [6.45, 7) is 6.49. The molecule has 1 N–H and O–H groups in total. The van der Waals surface area contributed by atoms with Crippen LogP contribution in [0, 0.1) is 0 Å². The third-order valence-electron chi connectivity index (χ3n) is 5.57. The molecule has 34 heavy (non-hydrogen) atoms. The van der Waals surface area contributed by atoms with Crippen molar-refractivity contribution < 1.29 is 22.7 Å². The number of aliphatic imine (C=N–C) groups is 1. The number of alkyl halides is 3. The fourth-order valence-corrected chi connectivity index (χ4v) is 4.35. The van der Waals surface area contributed by atoms with Crippen molar-refractivity contribution in [2.24, 2.45) is 4.99 Å². The van der Waals surface area contributed by atoms with Crippen molar-refractivity contribution >= 4 is 46.6 Å². The number of nitrogens with one attached hydrogen (secondary N) is 1. The molecule has 2 atom stereocenters. The normalized spacial score (nSPS) is 19.5. The van der Waals surface area contributed by atoms with Crippen LogP contribution in [0.2, 0.25) is 15.1 Å². The van der Waals surface area contributed by atoms with Gasteiger partial charge in [0, 0.05) is 12.1 Å². The molecule has 1 aliphatic heterocycles. The molecule has 0 aliphatic carbocycles. The second-order valence-corrected chi connectivity index (χ2v) is 10.5. The highest BCUT2D eigenvalue weighted by molar-refractivity contribution is 6.48. The van der Waals surface area contributed by atoms with E-state index >= 15 is 0 Å². The molecule has 4 nitrogen and oxygen atoms in total. The van der Waals surface area contributed by atoms with E-state index in [2.05, 4.69) is 10.3 Å². The van der Waals surface area contributed by atoms with Gasteiger partial charge in [-0.2, -0.15) is 13.2 Å². The lowest BCUT2D eigenvalue weighted by Crippen LogP contribution is -2.43. The van der Waals surface area contributed by atoms with Gasteiger partial charge in [0.1, 0.15) is 11.0 Å². The van der Waals surface area contributed by atoms with E-state index < -0.39 is 35.9 Å². The average molecular weight is 536 g/mol. The first-order valence-corrected chi connectivity index (χ1v) is 11.6. The second kappa shape index (κ2) is 9.59. The molecule has 0 radical (unpaired) electrons. The molecule has 2 aromatic rings. The molecule has 2 unspecified atom stereocenters. The highest BCUT2D eigenvalue weighted by Crippen LogP contribution is 2.48. The summed E-state index contributed by atoms with van der Waals surface area (Å²) >= 11 is 18.1. The van der Waals surface area contributed by atoms with E-state index in [0.717, 1.165) is 0 Å². The van der Waals surface area contributed by atoms with Crippen LogP contribution in [0.3, 0.4) is 0 Å². The molecule has 2 aromatic carbocycles. The zero-order valence-corrected chi connectivity index (χ0v) is 21.3. The number of rotatable bonds is 4. The predicted octanol–water partition coefficient (Wildman–Crippen LogP) is 7.93. The van der Waals surface area contributed by atoms with E-state index in [1.807, 2.05) is 0 Å². The third-order valence-corrected chi connectivity index (χ3v) is 6.76. The molecule has 3 rings (SSSR count). The lowest BCUT2D eigenvalue weighted by Gasteiger charge is -2.32. The molecular weight excluding hydrogens is 512 g/mol. The molecule has 0 bridgehead atoms. The van der Waals surface area contributed by atoms with Crippen molar-refractivity contribution in [1.82, 2.24) is 5.32 Å². The van der Waals surface area contributed by atoms with E-state index in [-0.39, 0.29) is 32.8 Å². The SMILES string of the molecule is CC(NC(=O)OC(C)(C)C)c1ccc(C2(C(F)(F)F)CN=C(c3cc(Cl)c(Cl)c(Cl)c3)C2)cc1. The first-order chi connectivity index (χ1) is 15.6. The van der Waals surface area contributed by atoms with Gasteiger partial charge in [-0.25, -0.2) is 4.79 Å². The highest BCUT2D eigenvalue weighted by Gasteiger charge is 2.58. The van der Waals surface area contributed by atoms with Gasteiger partial charge in [-0.1, -0.05) is 59.1 Å². The summed E-state index contributed by atoms with van der Waals surface area (Å²) in [5, 5.41) is 3.11. The summed E-state index contributed by atoms with van der Waals surface area (Å²) in [5.41, 5.74) is -1.48. The summed E-state index contributed by atoms with van der Waals surface area (Å²) in [7, 11) is 0. The fraction of sp³-hybridized carbons (Fsp3) is 0.417. The minimum absolute atomic E-state index is 0.0816. The Morgan fingerprint density at radius 1 is 1.09 bits per heavy atom. The highest BCUT2D eigenvalue weighted by atomic mass is 35.5. The summed E-state index contributed by atoms with van der Waals surface area (Å²) in [5.74, 6) is 0. The van der Waals surface area contributed by atoms with Gasteiger partial charge in [-0.15, -0.1) is 0 Å². The smallest absolute Gasteiger partial charge is 0.408 e. The first-order valence-electron chi connectivity index (χ1n) is 10.5. The summed E-state index contributed by atoms with van der Waals surface area (Å²) < 4.78 is 48.4. The lowest BCUT2D eigenvalue weighted by molar-refractivity contribution is -0.183. The van der Waals surface area contributed by atoms with Crippen LogP contribution in [-0.4, -0.2) is 30.1 Å². The molecule has 1 amide bonds. The van der Waals surface area contributed by atoms with Gasteiger partial charge < -0.3 is 10.1 Å². The number of amides is 1. The van der Waals surface area contributed by atoms with Crippen LogP contribution >= 0.6 is 34.8 Å². The largest absolute Gasteiger partial charge is 0.444 e. The Bertz CT molecular complexity index is 1090. The topological polar surface area (TPSA) is 50.7 Å². The zero-order chi connectivity index (χ0) is 25.5. The number of hydrogen-bond acceptors (Lipinski definition) is 3. The Morgan fingerprint density at radius 3 is 2.15 bits per heavy atom. The van der Waals surface area contributed by atoms with Crippen LogP contribution in [-0.2, 0) is 10.2 Å². The summed E-state index contributed by atoms with van der Waals surface area (Å²) in [6.07, 6.45) is -5.53. The van der Waals surface area contributed by atoms with Crippen LogP contribution in [0.5, 0.6) is 0 Å². The van der Waals surface area contributed by atoms with Crippen LogP contribution in [0.1, 0.15) is 56.8 Å². The van der Waals surface area contributed by atoms with Crippen LogP contribution < -0.4 is 5.32 Å². The van der Waals surface area contributed by atoms with Crippen molar-refractivity contribution in [2.75, 3.05) is 6.54 Å². The number of hydrogen-bond donors (Lipinski definition) is 1. The molecule has 1 heterocycles. The molecule has 10 heteroatoms. The van der Waals surface area contributed by atoms with E-state index in [1.165, 1.54) is 24.3 Å². The van der Waals surface area contributed by atoms with Gasteiger partial charge >= 0.3 is 12.3 Å². The summed E-state index contributed by atoms with van der Waals surface area (Å²) in [4.78, 5) is 16.2. The number of carbonyl (C=O) groups excluding carboxylic acids is 1. The molecule has 1 aliphatic rings. The van der Waals surface area contributed by atoms with Gasteiger partial charge in [0.2, 0.25) is 0 Å². The van der Waals surface area contributed by atoms with E-state index in [0.29, 0.717) is 11.1 Å². The maximum absolute atomic E-state index is 14.4. The molecule has 0 saturated heterocycles. The van der Waals surface area contributed by atoms with Crippen molar-refractivity contribution in [3.8, 4) is 0 Å². The average Bonchev–Trinajstić information content (AvgIpc) is 3.17. The number of benzene rings is 2. The van der Waals surface area contributed by atoms with Crippen molar-refractivity contribution in [3.05, 3.63) is 68.2 Å². The number of ether oxygens (including phenoxy) is 1. The number of halogens is 6. The zero-order valence-electron chi connectivity index (χ0n) is 19.0. The van der Waals surface area contributed by atoms with Gasteiger partial charge in [-0.3, -0.25) is 4.99 Å². The van der Waals surface area contributed by atoms with Gasteiger partial charge in [0.15, 0.2) is 0 Å². The van der Waals surface area contributed by atoms with E-state index in [1.54, 1.807) is 39.8 Å². The minimum Gasteiger partial charge on any atom is -0.444 e. The van der Waals surface area contributed by atoms with Crippen LogP contribution in [0.25, 0.3) is 0 Å². The van der Waals surface area contributed by atoms with Crippen LogP contribution in [0.4, 0.5) is 18.0 Å². The number of alkyl carbamates (subject to hydrolysis) is 1. The number of nitrogens with zero attached hydrogens (tertiary/aromatic N) is 1. The maximum atomic E-state index is 14.4. The van der Waals surface area contributed by atoms with Crippen molar-refractivity contribution in [1.29, 1.82) is 0 Å². The van der Waals surface area contributed by atoms with Crippen molar-refractivity contribution in [3.63, 3.8) is 0 Å². The van der Waals surface area contributed by atoms with Gasteiger partial charge in [-0.05, 0) is 56.5 Å². The van der Waals surface area contributed by atoms with Crippen LogP contribution in [0.15, 0.2) is 41.4 Å². The first kappa shape index (κ1) is 26.6. The Hall–Kier alpha value is -1.96. The Balaban J connectivity index is 1.84. The molecule has 0 saturated carbocycles. The quantitative estimate of drug-likeness (QED) is 0.404. The number of carbonyl (C=O) groups is 1. The Labute approximate surface area is 211 Å². The molecular formula is C24H24Cl3F3N2O2. The second-order valence-electron chi connectivity index (χ2n) is 9.26. The van der Waals surface area contributed by atoms with Gasteiger partial charge in [0.25, 0.3) is 0 Å². The van der Waals surface area contributed by atoms with Crippen molar-refractivity contribution in [2.45, 2.75) is 57.3 Å². The fourth-order valence-electron chi connectivity index (χ4n) is 3.75. The molecule has 0 fully saturated rings. The molecule has 0 spiro atoms. The van der Waals surface area contributed by atoms with Gasteiger partial charge in [0.05, 0.1) is 27.7 Å². The standard InChI is InChI=1S/C24H24Cl3F3N2O2/c1-13(32-21(33)34-22(2,3)4)14-5-7-16(8-6-14)23(24(28,29)30)11-19(31-12-23)15-9-17(25)20(27)18(26)10-15/h5-10,13H,11-12H2,1-4H3,(H,32,33). The predicted molar refractivity (Wildman–Crippen MR) is 129 cm³/mol. The Morgan fingerprint density at radius 2 is 1.65 bits per heavy atom. The molecule has 0 aromatic heterocycles. The maximum Gasteiger partial charge on any atom is 0.408 e. The Kier molecular flexibility index (Phi) is 7.52. The monoisotopic (exact) mass is 534 g/mol. The minimum atomic E-state index is -4.56. The van der Waals surface area contributed by atoms with E-state index in [9.17, 15) is 18.0 Å². The van der Waals surface area contributed by atoms with E-state index in [4.69, 9.17) is 39.5 Å². The summed E-state index contributed by atoms with van der Waals surface area (Å²) in [6, 6.07) is 8.46. The third kappa shape index (κ3) is 5.64. The molecule has 184 valence electrons. The lowest BCUT2D eigenvalue weighted by atomic mass is 9.76.